The van der Waals surface area contributed by atoms with Crippen LogP contribution in [0.15, 0.2) is 110 Å². The van der Waals surface area contributed by atoms with Gasteiger partial charge in [-0.3, -0.25) is 19.4 Å². The molecule has 1 aliphatic heterocycles. The molecule has 2 N–H and O–H groups in total. The minimum atomic E-state index is -0.398. The summed E-state index contributed by atoms with van der Waals surface area (Å²) < 4.78 is 0. The molecular formula is C43H48N10O2. The number of imidazole rings is 2. The summed E-state index contributed by atoms with van der Waals surface area (Å²) in [7, 11) is 9.54. The smallest absolute Gasteiger partial charge is 0.245 e. The largest absolute Gasteiger partial charge is 0.340 e. The lowest BCUT2D eigenvalue weighted by Gasteiger charge is -2.31. The van der Waals surface area contributed by atoms with E-state index in [9.17, 15) is 9.59 Å². The Bertz CT molecular complexity index is 2200. The average Bonchev–Trinajstić information content (AvgIpc) is 4.00. The molecule has 55 heavy (non-hydrogen) atoms. The first-order valence-corrected chi connectivity index (χ1v) is 18.6. The summed E-state index contributed by atoms with van der Waals surface area (Å²) in [5.41, 5.74) is 6.23. The molecule has 12 nitrogen and oxygen atoms in total. The fourth-order valence-electron chi connectivity index (χ4n) is 7.40. The number of aromatic nitrogens is 6. The number of aromatic amines is 2. The van der Waals surface area contributed by atoms with Crippen LogP contribution in [0, 0.1) is 0 Å². The summed E-state index contributed by atoms with van der Waals surface area (Å²) in [5.74, 6) is 2.15. The molecule has 282 valence electrons. The Hall–Kier alpha value is -5.98. The highest BCUT2D eigenvalue weighted by Gasteiger charge is 2.37. The van der Waals surface area contributed by atoms with E-state index < -0.39 is 6.04 Å². The number of rotatable bonds is 12. The number of hydrogen-bond donors (Lipinski definition) is 2. The van der Waals surface area contributed by atoms with Crippen LogP contribution < -0.4 is 0 Å². The summed E-state index contributed by atoms with van der Waals surface area (Å²) in [6.07, 6.45) is 8.95. The molecule has 4 atom stereocenters. The second-order valence-corrected chi connectivity index (χ2v) is 14.6. The molecule has 0 bridgehead atoms. The van der Waals surface area contributed by atoms with Crippen LogP contribution in [0.1, 0.15) is 66.7 Å². The van der Waals surface area contributed by atoms with E-state index in [-0.39, 0.29) is 29.9 Å². The molecule has 6 aromatic rings. The third kappa shape index (κ3) is 7.82. The fourth-order valence-corrected chi connectivity index (χ4v) is 7.40. The standard InChI is InChI=1S/C43H48N10O2/c1-28(52(6)42(54)37(50(2)3)30-14-9-7-10-15-30)39-46-26-34(48-39)29-19-21-32(22-20-29)40-44-24-33(25-45-40)35-27-47-41(49-35)36-18-13-23-53(36)43(55)38(51(4)5)31-16-11-8-12-17-31/h7-12,14-17,19-22,24-28,36-38H,13,18,23H2,1-6H3,(H,46,48)(H,47,49)/t28-,36?,37+,38-/m0/s1. The van der Waals surface area contributed by atoms with Crippen molar-refractivity contribution in [3.8, 4) is 33.9 Å². The van der Waals surface area contributed by atoms with E-state index >= 15 is 0 Å². The number of H-pyrrole nitrogens is 2. The van der Waals surface area contributed by atoms with E-state index in [0.29, 0.717) is 18.2 Å². The van der Waals surface area contributed by atoms with Gasteiger partial charge in [-0.25, -0.2) is 19.9 Å². The van der Waals surface area contributed by atoms with Gasteiger partial charge in [0.05, 0.1) is 35.9 Å². The fraction of sp³-hybridized carbons (Fsp3) is 0.302. The van der Waals surface area contributed by atoms with Crippen LogP contribution in [0.5, 0.6) is 0 Å². The normalized spacial score (nSPS) is 16.0. The van der Waals surface area contributed by atoms with Gasteiger partial charge < -0.3 is 19.8 Å². The van der Waals surface area contributed by atoms with Gasteiger partial charge in [0, 0.05) is 37.1 Å². The van der Waals surface area contributed by atoms with Crippen molar-refractivity contribution in [1.82, 2.24) is 49.5 Å². The SMILES string of the molecule is C[C@@H](c1ncc(-c2ccc(-c3ncc(-c4cnc(C5CCCN5C(=O)[C@H](c5ccccc5)N(C)C)[nH]4)cn3)cc2)[nH]1)N(C)C(=O)[C@@H](c1ccccc1)N(C)C. The van der Waals surface area contributed by atoms with Crippen molar-refractivity contribution in [3.05, 3.63) is 132 Å². The van der Waals surface area contributed by atoms with Crippen molar-refractivity contribution >= 4 is 11.8 Å². The monoisotopic (exact) mass is 736 g/mol. The zero-order chi connectivity index (χ0) is 38.6. The molecule has 3 aromatic heterocycles. The number of nitrogens with zero attached hydrogens (tertiary/aromatic N) is 8. The molecule has 7 rings (SSSR count). The van der Waals surface area contributed by atoms with E-state index in [1.54, 1.807) is 29.7 Å². The zero-order valence-corrected chi connectivity index (χ0v) is 32.2. The van der Waals surface area contributed by atoms with E-state index in [1.165, 1.54) is 0 Å². The van der Waals surface area contributed by atoms with Crippen LogP contribution in [-0.2, 0) is 9.59 Å². The third-order valence-corrected chi connectivity index (χ3v) is 10.5. The van der Waals surface area contributed by atoms with E-state index in [0.717, 1.165) is 57.9 Å². The second-order valence-electron chi connectivity index (χ2n) is 14.6. The van der Waals surface area contributed by atoms with Gasteiger partial charge in [-0.2, -0.15) is 0 Å². The lowest BCUT2D eigenvalue weighted by molar-refractivity contribution is -0.138. The maximum atomic E-state index is 13.9. The Morgan fingerprint density at radius 1 is 0.673 bits per heavy atom. The topological polar surface area (TPSA) is 130 Å². The molecule has 12 heteroatoms. The predicted octanol–water partition coefficient (Wildman–Crippen LogP) is 6.71. The lowest BCUT2D eigenvalue weighted by Crippen LogP contribution is -2.40. The highest BCUT2D eigenvalue weighted by Crippen LogP contribution is 2.35. The molecule has 0 spiro atoms. The van der Waals surface area contributed by atoms with Gasteiger partial charge in [-0.1, -0.05) is 84.9 Å². The van der Waals surface area contributed by atoms with E-state index in [4.69, 9.17) is 4.98 Å². The molecule has 1 aliphatic rings. The Balaban J connectivity index is 1.00. The second kappa shape index (κ2) is 16.2. The number of likely N-dealkylation sites (tertiary alicyclic amines) is 1. The maximum Gasteiger partial charge on any atom is 0.245 e. The minimum absolute atomic E-state index is 0.00484. The van der Waals surface area contributed by atoms with Gasteiger partial charge in [0.25, 0.3) is 0 Å². The summed E-state index contributed by atoms with van der Waals surface area (Å²) in [6.45, 7) is 2.67. The first-order valence-electron chi connectivity index (χ1n) is 18.6. The van der Waals surface area contributed by atoms with Crippen LogP contribution in [0.2, 0.25) is 0 Å². The molecule has 2 amide bonds. The highest BCUT2D eigenvalue weighted by molar-refractivity contribution is 5.84. The van der Waals surface area contributed by atoms with Crippen molar-refractivity contribution in [2.45, 2.75) is 43.9 Å². The van der Waals surface area contributed by atoms with E-state index in [2.05, 4.69) is 24.9 Å². The molecule has 0 saturated carbocycles. The molecule has 0 radical (unpaired) electrons. The molecule has 1 fully saturated rings. The molecular weight excluding hydrogens is 689 g/mol. The number of amides is 2. The molecule has 1 unspecified atom stereocenters. The van der Waals surface area contributed by atoms with Crippen LogP contribution in [0.4, 0.5) is 0 Å². The molecule has 3 aromatic carbocycles. The number of benzene rings is 3. The summed E-state index contributed by atoms with van der Waals surface area (Å²) in [4.78, 5) is 60.7. The van der Waals surface area contributed by atoms with Gasteiger partial charge >= 0.3 is 0 Å². The Labute approximate surface area is 322 Å². The van der Waals surface area contributed by atoms with Crippen molar-refractivity contribution in [1.29, 1.82) is 0 Å². The number of likely N-dealkylation sites (N-methyl/N-ethyl adjacent to an activating group) is 3. The van der Waals surface area contributed by atoms with Gasteiger partial charge in [0.1, 0.15) is 23.7 Å². The zero-order valence-electron chi connectivity index (χ0n) is 32.2. The number of nitrogens with one attached hydrogen (secondary N) is 2. The summed E-state index contributed by atoms with van der Waals surface area (Å²) in [6, 6.07) is 26.6. The number of hydrogen-bond acceptors (Lipinski definition) is 8. The van der Waals surface area contributed by atoms with Gasteiger partial charge in [0.15, 0.2) is 5.82 Å². The van der Waals surface area contributed by atoms with Gasteiger partial charge in [-0.15, -0.1) is 0 Å². The Morgan fingerprint density at radius 3 is 1.85 bits per heavy atom. The maximum absolute atomic E-state index is 13.9. The van der Waals surface area contributed by atoms with Crippen molar-refractivity contribution in [3.63, 3.8) is 0 Å². The van der Waals surface area contributed by atoms with Crippen LogP contribution in [0.3, 0.4) is 0 Å². The van der Waals surface area contributed by atoms with Crippen molar-refractivity contribution < 1.29 is 9.59 Å². The Morgan fingerprint density at radius 2 is 1.24 bits per heavy atom. The molecule has 1 saturated heterocycles. The summed E-state index contributed by atoms with van der Waals surface area (Å²) >= 11 is 0. The quantitative estimate of drug-likeness (QED) is 0.142. The third-order valence-electron chi connectivity index (χ3n) is 10.5. The first-order chi connectivity index (χ1) is 26.6. The number of carbonyl (C=O) groups excluding carboxylic acids is 2. The average molecular weight is 737 g/mol. The molecule has 4 heterocycles. The van der Waals surface area contributed by atoms with Crippen LogP contribution >= 0.6 is 0 Å². The van der Waals surface area contributed by atoms with Crippen LogP contribution in [0.25, 0.3) is 33.9 Å². The lowest BCUT2D eigenvalue weighted by atomic mass is 10.0. The van der Waals surface area contributed by atoms with Crippen LogP contribution in [-0.4, -0.2) is 103 Å². The van der Waals surface area contributed by atoms with Gasteiger partial charge in [-0.05, 0) is 64.6 Å². The molecule has 0 aliphatic carbocycles. The Kier molecular flexibility index (Phi) is 11.0. The van der Waals surface area contributed by atoms with Crippen molar-refractivity contribution in [2.24, 2.45) is 0 Å². The first kappa shape index (κ1) is 37.3. The van der Waals surface area contributed by atoms with Crippen molar-refractivity contribution in [2.75, 3.05) is 41.8 Å². The predicted molar refractivity (Wildman–Crippen MR) is 213 cm³/mol. The minimum Gasteiger partial charge on any atom is -0.340 e. The van der Waals surface area contributed by atoms with Gasteiger partial charge in [0.2, 0.25) is 11.8 Å². The van der Waals surface area contributed by atoms with E-state index in [1.807, 2.05) is 142 Å². The number of carbonyl (C=O) groups is 2. The highest BCUT2D eigenvalue weighted by atomic mass is 16.2. The summed E-state index contributed by atoms with van der Waals surface area (Å²) in [5, 5.41) is 0.